The number of nitrogens with zero attached hydrogens (tertiary/aromatic N) is 2. The smallest absolute Gasteiger partial charge is 0.270 e. The van der Waals surface area contributed by atoms with E-state index >= 15 is 0 Å². The zero-order chi connectivity index (χ0) is 19.7. The van der Waals surface area contributed by atoms with Crippen LogP contribution in [0.25, 0.3) is 6.08 Å². The van der Waals surface area contributed by atoms with Crippen molar-refractivity contribution in [1.82, 2.24) is 0 Å². The van der Waals surface area contributed by atoms with E-state index in [2.05, 4.69) is 0 Å². The maximum absolute atomic E-state index is 12.9. The second-order valence-electron chi connectivity index (χ2n) is 5.30. The number of nitro groups is 1. The minimum absolute atomic E-state index is 0.113. The van der Waals surface area contributed by atoms with Crippen LogP contribution in [0.4, 0.5) is 11.4 Å². The fourth-order valence-corrected chi connectivity index (χ4v) is 4.20. The molecular formula is C17H10Cl2N2O4S2. The topological polar surface area (TPSA) is 72.7 Å². The Morgan fingerprint density at radius 3 is 2.63 bits per heavy atom. The lowest BCUT2D eigenvalue weighted by Gasteiger charge is -2.16. The van der Waals surface area contributed by atoms with E-state index in [0.29, 0.717) is 31.2 Å². The maximum Gasteiger partial charge on any atom is 0.270 e. The quantitative estimate of drug-likeness (QED) is 0.277. The number of carbonyl (C=O) groups is 1. The second kappa shape index (κ2) is 7.85. The number of thiocarbonyl (C=S) groups is 1. The summed E-state index contributed by atoms with van der Waals surface area (Å²) in [6.45, 7) is 0. The fourth-order valence-electron chi connectivity index (χ4n) is 2.43. The molecule has 0 aliphatic carbocycles. The van der Waals surface area contributed by atoms with Gasteiger partial charge in [0.25, 0.3) is 11.6 Å². The number of hydrogen-bond donors (Lipinski definition) is 0. The highest BCUT2D eigenvalue weighted by atomic mass is 35.5. The first-order valence-corrected chi connectivity index (χ1v) is 9.35. The van der Waals surface area contributed by atoms with Gasteiger partial charge in [0.05, 0.1) is 27.6 Å². The molecule has 0 N–H and O–H groups in total. The summed E-state index contributed by atoms with van der Waals surface area (Å²) in [6.07, 6.45) is 1.51. The zero-order valence-corrected chi connectivity index (χ0v) is 16.8. The first-order chi connectivity index (χ1) is 12.8. The molecule has 1 aliphatic heterocycles. The van der Waals surface area contributed by atoms with Crippen molar-refractivity contribution in [3.8, 4) is 5.75 Å². The number of non-ortho nitro benzene ring substituents is 1. The Bertz CT molecular complexity index is 1010. The number of halogens is 2. The predicted octanol–water partition coefficient (Wildman–Crippen LogP) is 5.32. The average molecular weight is 441 g/mol. The number of nitro benzene ring substituents is 1. The lowest BCUT2D eigenvalue weighted by molar-refractivity contribution is -0.384. The Kier molecular flexibility index (Phi) is 5.71. The van der Waals surface area contributed by atoms with Gasteiger partial charge in [0.2, 0.25) is 0 Å². The summed E-state index contributed by atoms with van der Waals surface area (Å²) >= 11 is 18.5. The standard InChI is InChI=1S/C17H10Cl2N2O4S2/c1-25-14-5-3-11(21(23)24)6-9(14)7-15-16(22)20(17(26)27-15)13-4-2-10(18)8-12(13)19/h2-8H,1H3/b15-7-. The van der Waals surface area contributed by atoms with Crippen molar-refractivity contribution < 1.29 is 14.5 Å². The lowest BCUT2D eigenvalue weighted by atomic mass is 10.1. The van der Waals surface area contributed by atoms with Gasteiger partial charge in [0.1, 0.15) is 5.75 Å². The molecule has 27 heavy (non-hydrogen) atoms. The van der Waals surface area contributed by atoms with Crippen molar-refractivity contribution in [2.24, 2.45) is 0 Å². The third kappa shape index (κ3) is 3.93. The van der Waals surface area contributed by atoms with Crippen LogP contribution >= 0.6 is 47.2 Å². The van der Waals surface area contributed by atoms with Gasteiger partial charge in [-0.15, -0.1) is 0 Å². The molecule has 0 spiro atoms. The van der Waals surface area contributed by atoms with Gasteiger partial charge in [-0.25, -0.2) is 0 Å². The molecular weight excluding hydrogens is 431 g/mol. The Labute approximate surface area is 173 Å². The van der Waals surface area contributed by atoms with E-state index in [0.717, 1.165) is 11.8 Å². The molecule has 0 atom stereocenters. The molecule has 0 aromatic heterocycles. The maximum atomic E-state index is 12.9. The summed E-state index contributed by atoms with van der Waals surface area (Å²) in [6, 6.07) is 8.86. The van der Waals surface area contributed by atoms with Crippen molar-refractivity contribution in [2.45, 2.75) is 0 Å². The van der Waals surface area contributed by atoms with Gasteiger partial charge in [0, 0.05) is 22.7 Å². The fraction of sp³-hybridized carbons (Fsp3) is 0.0588. The highest BCUT2D eigenvalue weighted by molar-refractivity contribution is 8.27. The molecule has 138 valence electrons. The molecule has 1 aliphatic rings. The monoisotopic (exact) mass is 440 g/mol. The minimum Gasteiger partial charge on any atom is -0.496 e. The molecule has 3 rings (SSSR count). The minimum atomic E-state index is -0.518. The highest BCUT2D eigenvalue weighted by Crippen LogP contribution is 2.40. The van der Waals surface area contributed by atoms with E-state index in [1.807, 2.05) is 0 Å². The number of methoxy groups -OCH3 is 1. The second-order valence-corrected chi connectivity index (χ2v) is 7.82. The third-order valence-corrected chi connectivity index (χ3v) is 5.50. The molecule has 0 radical (unpaired) electrons. The summed E-state index contributed by atoms with van der Waals surface area (Å²) < 4.78 is 5.52. The number of anilines is 1. The van der Waals surface area contributed by atoms with Crippen LogP contribution in [-0.2, 0) is 4.79 Å². The average Bonchev–Trinajstić information content (AvgIpc) is 2.89. The molecule has 1 saturated heterocycles. The molecule has 0 bridgehead atoms. The Morgan fingerprint density at radius 2 is 2.00 bits per heavy atom. The molecule has 0 unspecified atom stereocenters. The van der Waals surface area contributed by atoms with Crippen LogP contribution in [0.5, 0.6) is 5.75 Å². The number of hydrogen-bond acceptors (Lipinski definition) is 6. The lowest BCUT2D eigenvalue weighted by Crippen LogP contribution is -2.27. The molecule has 1 heterocycles. The van der Waals surface area contributed by atoms with Crippen LogP contribution in [0, 0.1) is 10.1 Å². The number of amides is 1. The number of carbonyl (C=O) groups excluding carboxylic acids is 1. The van der Waals surface area contributed by atoms with Crippen LogP contribution in [0.3, 0.4) is 0 Å². The van der Waals surface area contributed by atoms with Crippen molar-refractivity contribution in [1.29, 1.82) is 0 Å². The predicted molar refractivity (Wildman–Crippen MR) is 112 cm³/mol. The summed E-state index contributed by atoms with van der Waals surface area (Å²) in [7, 11) is 1.44. The summed E-state index contributed by atoms with van der Waals surface area (Å²) in [5, 5.41) is 11.7. The first-order valence-electron chi connectivity index (χ1n) is 7.37. The SMILES string of the molecule is COc1ccc([N+](=O)[O-])cc1/C=C1\SC(=S)N(c2ccc(Cl)cc2Cl)C1=O. The van der Waals surface area contributed by atoms with E-state index in [4.69, 9.17) is 40.2 Å². The van der Waals surface area contributed by atoms with Crippen molar-refractivity contribution in [2.75, 3.05) is 12.0 Å². The number of ether oxygens (including phenoxy) is 1. The van der Waals surface area contributed by atoms with Crippen molar-refractivity contribution in [3.05, 3.63) is 67.0 Å². The molecule has 0 saturated carbocycles. The van der Waals surface area contributed by atoms with Crippen molar-refractivity contribution in [3.63, 3.8) is 0 Å². The third-order valence-electron chi connectivity index (χ3n) is 3.66. The van der Waals surface area contributed by atoms with Gasteiger partial charge >= 0.3 is 0 Å². The molecule has 1 amide bonds. The molecule has 6 nitrogen and oxygen atoms in total. The number of rotatable bonds is 4. The Balaban J connectivity index is 2.02. The Hall–Kier alpha value is -2.13. The zero-order valence-electron chi connectivity index (χ0n) is 13.6. The first kappa shape index (κ1) is 19.6. The van der Waals surface area contributed by atoms with Crippen molar-refractivity contribution >= 4 is 74.9 Å². The van der Waals surface area contributed by atoms with Gasteiger partial charge in [-0.1, -0.05) is 47.2 Å². The summed E-state index contributed by atoms with van der Waals surface area (Å²) in [5.41, 5.74) is 0.700. The van der Waals surface area contributed by atoms with E-state index in [1.54, 1.807) is 12.1 Å². The molecule has 2 aromatic carbocycles. The van der Waals surface area contributed by atoms with E-state index in [-0.39, 0.29) is 16.6 Å². The highest BCUT2D eigenvalue weighted by Gasteiger charge is 2.34. The van der Waals surface area contributed by atoms with E-state index in [9.17, 15) is 14.9 Å². The van der Waals surface area contributed by atoms with Gasteiger partial charge in [0.15, 0.2) is 4.32 Å². The van der Waals surface area contributed by atoms with Gasteiger partial charge < -0.3 is 4.74 Å². The molecule has 10 heteroatoms. The van der Waals surface area contributed by atoms with Gasteiger partial charge in [-0.3, -0.25) is 19.8 Å². The van der Waals surface area contributed by atoms with Crippen LogP contribution < -0.4 is 9.64 Å². The normalized spacial score (nSPS) is 15.5. The van der Waals surface area contributed by atoms with E-state index in [1.165, 1.54) is 42.4 Å². The molecule has 2 aromatic rings. The van der Waals surface area contributed by atoms with Gasteiger partial charge in [-0.05, 0) is 30.3 Å². The van der Waals surface area contributed by atoms with E-state index < -0.39 is 4.92 Å². The van der Waals surface area contributed by atoms with Crippen LogP contribution in [0.2, 0.25) is 10.0 Å². The summed E-state index contributed by atoms with van der Waals surface area (Å²) in [4.78, 5) is 25.0. The van der Waals surface area contributed by atoms with Crippen LogP contribution in [0.15, 0.2) is 41.3 Å². The molecule has 1 fully saturated rings. The van der Waals surface area contributed by atoms with Crippen LogP contribution in [-0.4, -0.2) is 22.3 Å². The Morgan fingerprint density at radius 1 is 1.26 bits per heavy atom. The number of thioether (sulfide) groups is 1. The van der Waals surface area contributed by atoms with Crippen LogP contribution in [0.1, 0.15) is 5.56 Å². The number of benzene rings is 2. The largest absolute Gasteiger partial charge is 0.496 e. The van der Waals surface area contributed by atoms with Gasteiger partial charge in [-0.2, -0.15) is 0 Å². The summed E-state index contributed by atoms with van der Waals surface area (Å²) in [5.74, 6) is 0.0122.